The first-order valence-corrected chi connectivity index (χ1v) is 13.0. The van der Waals surface area contributed by atoms with Crippen LogP contribution < -0.4 is 20.7 Å². The summed E-state index contributed by atoms with van der Waals surface area (Å²) >= 11 is 0. The van der Waals surface area contributed by atoms with Crippen LogP contribution in [-0.4, -0.2) is 58.8 Å². The summed E-state index contributed by atoms with van der Waals surface area (Å²) in [5.41, 5.74) is 3.02. The maximum Gasteiger partial charge on any atom is 0.322 e. The Morgan fingerprint density at radius 3 is 2.49 bits per heavy atom. The molecule has 3 N–H and O–H groups in total. The molecular weight excluding hydrogens is 498 g/mol. The molecule has 2 unspecified atom stereocenters. The molecule has 2 atom stereocenters. The van der Waals surface area contributed by atoms with Crippen LogP contribution >= 0.6 is 0 Å². The Balaban J connectivity index is 1.26. The quantitative estimate of drug-likeness (QED) is 0.404. The van der Waals surface area contributed by atoms with E-state index in [0.717, 1.165) is 22.2 Å². The van der Waals surface area contributed by atoms with Crippen LogP contribution in [0.2, 0.25) is 0 Å². The fourth-order valence-corrected chi connectivity index (χ4v) is 5.21. The number of aromatic nitrogens is 1. The molecule has 0 bridgehead atoms. The Morgan fingerprint density at radius 1 is 1.08 bits per heavy atom. The summed E-state index contributed by atoms with van der Waals surface area (Å²) in [5.74, 6) is -0.205. The summed E-state index contributed by atoms with van der Waals surface area (Å²) in [6.45, 7) is 4.85. The smallest absolute Gasteiger partial charge is 0.322 e. The normalized spacial score (nSPS) is 18.4. The molecule has 2 saturated heterocycles. The van der Waals surface area contributed by atoms with Crippen molar-refractivity contribution in [2.75, 3.05) is 13.1 Å². The van der Waals surface area contributed by atoms with Gasteiger partial charge in [0.25, 0.3) is 11.8 Å². The highest BCUT2D eigenvalue weighted by Crippen LogP contribution is 2.26. The van der Waals surface area contributed by atoms with E-state index in [2.05, 4.69) is 20.9 Å². The zero-order valence-corrected chi connectivity index (χ0v) is 21.9. The second-order valence-electron chi connectivity index (χ2n) is 10.0. The van der Waals surface area contributed by atoms with Crippen LogP contribution in [0.1, 0.15) is 41.4 Å². The number of nitrogens with one attached hydrogen (secondary N) is 3. The Labute approximate surface area is 226 Å². The third-order valence-electron chi connectivity index (χ3n) is 7.39. The molecule has 3 aromatic rings. The fourth-order valence-electron chi connectivity index (χ4n) is 5.21. The number of benzene rings is 2. The van der Waals surface area contributed by atoms with Gasteiger partial charge >= 0.3 is 6.03 Å². The van der Waals surface area contributed by atoms with Gasteiger partial charge < -0.3 is 20.3 Å². The van der Waals surface area contributed by atoms with Crippen LogP contribution in [0, 0.1) is 12.8 Å². The molecule has 0 spiro atoms. The van der Waals surface area contributed by atoms with Gasteiger partial charge in [-0.15, -0.1) is 0 Å². The molecule has 2 fully saturated rings. The summed E-state index contributed by atoms with van der Waals surface area (Å²) in [6, 6.07) is 14.8. The predicted molar refractivity (Wildman–Crippen MR) is 144 cm³/mol. The first kappa shape index (κ1) is 26.1. The third kappa shape index (κ3) is 5.84. The van der Waals surface area contributed by atoms with Crippen LogP contribution in [0.25, 0.3) is 10.9 Å². The highest BCUT2D eigenvalue weighted by atomic mass is 16.5. The van der Waals surface area contributed by atoms with E-state index in [1.54, 1.807) is 17.0 Å². The molecule has 2 aliphatic rings. The second-order valence-corrected chi connectivity index (χ2v) is 10.0. The van der Waals surface area contributed by atoms with Crippen LogP contribution in [0.15, 0.2) is 54.6 Å². The number of pyridine rings is 1. The standard InChI is InChI=1S/C29H31N5O5/c1-17-6-9-20-4-3-5-23(24(20)30-17)39-16-19-7-10-22(11-8-19)27(36)31-25(26-28(37)33-29(38)32-26)21-12-14-34(15-13-21)18(2)35/h3-11,21,25-26H,12-16H2,1-2H3,(H,31,36)(H2,32,33,37,38). The third-order valence-corrected chi connectivity index (χ3v) is 7.39. The molecule has 39 heavy (non-hydrogen) atoms. The number of aryl methyl sites for hydroxylation is 1. The van der Waals surface area contributed by atoms with Crippen molar-refractivity contribution >= 4 is 34.7 Å². The molecule has 0 saturated carbocycles. The maximum atomic E-state index is 13.2. The first-order valence-electron chi connectivity index (χ1n) is 13.0. The highest BCUT2D eigenvalue weighted by molar-refractivity contribution is 6.05. The molecule has 2 aliphatic heterocycles. The van der Waals surface area contributed by atoms with Crippen molar-refractivity contribution in [2.45, 2.75) is 45.4 Å². The molecule has 1 aromatic heterocycles. The van der Waals surface area contributed by atoms with Crippen LogP contribution in [0.5, 0.6) is 5.75 Å². The van der Waals surface area contributed by atoms with Crippen molar-refractivity contribution in [2.24, 2.45) is 5.92 Å². The minimum absolute atomic E-state index is 0.00292. The topological polar surface area (TPSA) is 130 Å². The minimum Gasteiger partial charge on any atom is -0.487 e. The van der Waals surface area contributed by atoms with E-state index in [-0.39, 0.29) is 17.7 Å². The molecule has 5 rings (SSSR count). The van der Waals surface area contributed by atoms with Crippen LogP contribution in [0.4, 0.5) is 4.79 Å². The Hall–Kier alpha value is -4.47. The summed E-state index contributed by atoms with van der Waals surface area (Å²) in [4.78, 5) is 55.6. The van der Waals surface area contributed by atoms with Gasteiger partial charge in [-0.3, -0.25) is 19.7 Å². The average molecular weight is 530 g/mol. The average Bonchev–Trinajstić information content (AvgIpc) is 3.27. The SMILES string of the molecule is CC(=O)N1CCC(C(NC(=O)c2ccc(COc3cccc4ccc(C)nc34)cc2)C2NC(=O)NC2=O)CC1. The van der Waals surface area contributed by atoms with Crippen molar-refractivity contribution in [3.63, 3.8) is 0 Å². The van der Waals surface area contributed by atoms with Crippen molar-refractivity contribution in [1.82, 2.24) is 25.8 Å². The van der Waals surface area contributed by atoms with Crippen molar-refractivity contribution in [3.05, 3.63) is 71.4 Å². The minimum atomic E-state index is -0.874. The highest BCUT2D eigenvalue weighted by Gasteiger charge is 2.42. The van der Waals surface area contributed by atoms with E-state index in [1.807, 2.05) is 49.4 Å². The summed E-state index contributed by atoms with van der Waals surface area (Å²) < 4.78 is 6.04. The van der Waals surface area contributed by atoms with Crippen molar-refractivity contribution < 1.29 is 23.9 Å². The lowest BCUT2D eigenvalue weighted by Crippen LogP contribution is -2.56. The lowest BCUT2D eigenvalue weighted by Gasteiger charge is -2.37. The zero-order chi connectivity index (χ0) is 27.5. The molecule has 10 nitrogen and oxygen atoms in total. The number of ether oxygens (including phenoxy) is 1. The van der Waals surface area contributed by atoms with Crippen molar-refractivity contribution in [1.29, 1.82) is 0 Å². The second kappa shape index (κ2) is 11.1. The van der Waals surface area contributed by atoms with Crippen LogP contribution in [-0.2, 0) is 16.2 Å². The molecule has 2 aromatic carbocycles. The van der Waals surface area contributed by atoms with Gasteiger partial charge in [-0.2, -0.15) is 0 Å². The zero-order valence-electron chi connectivity index (χ0n) is 21.9. The maximum absolute atomic E-state index is 13.2. The Morgan fingerprint density at radius 2 is 1.82 bits per heavy atom. The van der Waals surface area contributed by atoms with Crippen LogP contribution in [0.3, 0.4) is 0 Å². The van der Waals surface area contributed by atoms with Gasteiger partial charge in [0.2, 0.25) is 5.91 Å². The Bertz CT molecular complexity index is 1420. The molecular formula is C29H31N5O5. The number of imide groups is 1. The molecule has 3 heterocycles. The number of hydrogen-bond donors (Lipinski definition) is 3. The van der Waals surface area contributed by atoms with Gasteiger partial charge in [-0.25, -0.2) is 9.78 Å². The lowest BCUT2D eigenvalue weighted by molar-refractivity contribution is -0.130. The number of amides is 5. The number of nitrogens with zero attached hydrogens (tertiary/aromatic N) is 2. The number of urea groups is 1. The van der Waals surface area contributed by atoms with E-state index in [9.17, 15) is 19.2 Å². The molecule has 0 radical (unpaired) electrons. The van der Waals surface area contributed by atoms with Gasteiger partial charge in [0.1, 0.15) is 23.9 Å². The first-order chi connectivity index (χ1) is 18.8. The van der Waals surface area contributed by atoms with Crippen molar-refractivity contribution in [3.8, 4) is 5.75 Å². The molecule has 202 valence electrons. The van der Waals surface area contributed by atoms with E-state index < -0.39 is 24.0 Å². The largest absolute Gasteiger partial charge is 0.487 e. The van der Waals surface area contributed by atoms with Gasteiger partial charge in [-0.1, -0.05) is 30.3 Å². The molecule has 10 heteroatoms. The van der Waals surface area contributed by atoms with E-state index in [4.69, 9.17) is 4.74 Å². The van der Waals surface area contributed by atoms with Gasteiger partial charge in [0.05, 0.1) is 6.04 Å². The number of carbonyl (C=O) groups is 4. The number of likely N-dealkylation sites (tertiary alicyclic amines) is 1. The molecule has 0 aliphatic carbocycles. The van der Waals surface area contributed by atoms with E-state index >= 15 is 0 Å². The summed E-state index contributed by atoms with van der Waals surface area (Å²) in [7, 11) is 0. The summed E-state index contributed by atoms with van der Waals surface area (Å²) in [5, 5.41) is 8.87. The number of carbonyl (C=O) groups excluding carboxylic acids is 4. The number of para-hydroxylation sites is 1. The molecule has 5 amide bonds. The fraction of sp³-hybridized carbons (Fsp3) is 0.345. The van der Waals surface area contributed by atoms with E-state index in [1.165, 1.54) is 6.92 Å². The number of hydrogen-bond acceptors (Lipinski definition) is 6. The lowest BCUT2D eigenvalue weighted by atomic mass is 9.85. The number of rotatable bonds is 7. The van der Waals surface area contributed by atoms with Gasteiger partial charge in [-0.05, 0) is 55.5 Å². The Kier molecular flexibility index (Phi) is 7.44. The van der Waals surface area contributed by atoms with Gasteiger partial charge in [0, 0.05) is 36.7 Å². The van der Waals surface area contributed by atoms with Gasteiger partial charge in [0.15, 0.2) is 0 Å². The monoisotopic (exact) mass is 529 g/mol. The summed E-state index contributed by atoms with van der Waals surface area (Å²) in [6.07, 6.45) is 1.23. The number of fused-ring (bicyclic) bond motifs is 1. The van der Waals surface area contributed by atoms with E-state index in [0.29, 0.717) is 43.9 Å². The predicted octanol–water partition coefficient (Wildman–Crippen LogP) is 2.69. The number of piperidine rings is 1.